The minimum Gasteiger partial charge on any atom is -0.144 e. The molecule has 1 fully saturated rings. The van der Waals surface area contributed by atoms with Gasteiger partial charge in [-0.25, -0.2) is 0 Å². The van der Waals surface area contributed by atoms with Crippen LogP contribution in [0.3, 0.4) is 0 Å². The van der Waals surface area contributed by atoms with E-state index in [0.29, 0.717) is 5.38 Å². The second kappa shape index (κ2) is 4.38. The Labute approximate surface area is 105 Å². The van der Waals surface area contributed by atoms with Crippen molar-refractivity contribution in [2.75, 3.05) is 0 Å². The second-order valence-corrected chi connectivity index (χ2v) is 6.12. The van der Waals surface area contributed by atoms with Crippen LogP contribution in [0.4, 0.5) is 0 Å². The van der Waals surface area contributed by atoms with Crippen molar-refractivity contribution in [2.45, 2.75) is 31.1 Å². The van der Waals surface area contributed by atoms with E-state index in [4.69, 9.17) is 11.6 Å². The van der Waals surface area contributed by atoms with Crippen LogP contribution in [0.15, 0.2) is 29.6 Å². The summed E-state index contributed by atoms with van der Waals surface area (Å²) in [6.45, 7) is 0. The molecule has 0 spiro atoms. The first-order chi connectivity index (χ1) is 7.84. The van der Waals surface area contributed by atoms with E-state index in [1.807, 2.05) is 11.3 Å². The van der Waals surface area contributed by atoms with E-state index in [1.54, 1.807) is 0 Å². The third-order valence-electron chi connectivity index (χ3n) is 3.38. The summed E-state index contributed by atoms with van der Waals surface area (Å²) in [5.74, 6) is 0.812. The fourth-order valence-electron chi connectivity index (χ4n) is 2.21. The zero-order valence-corrected chi connectivity index (χ0v) is 10.7. The Morgan fingerprint density at radius 1 is 1.31 bits per heavy atom. The topological polar surface area (TPSA) is 0 Å². The Kier molecular flexibility index (Phi) is 2.91. The van der Waals surface area contributed by atoms with Gasteiger partial charge in [-0.15, -0.1) is 22.9 Å². The molecular weight excluding hydrogens is 236 g/mol. The highest BCUT2D eigenvalue weighted by atomic mass is 35.5. The molecule has 16 heavy (non-hydrogen) atoms. The SMILES string of the molecule is ClC(CCc1csc2ccccc12)C1CC1. The first kappa shape index (κ1) is 10.6. The highest BCUT2D eigenvalue weighted by Gasteiger charge is 2.29. The molecule has 1 saturated carbocycles. The largest absolute Gasteiger partial charge is 0.144 e. The number of thiophene rings is 1. The summed E-state index contributed by atoms with van der Waals surface area (Å²) in [6.07, 6.45) is 4.96. The predicted molar refractivity (Wildman–Crippen MR) is 72.5 cm³/mol. The fraction of sp³-hybridized carbons (Fsp3) is 0.429. The van der Waals surface area contributed by atoms with Crippen molar-refractivity contribution in [3.63, 3.8) is 0 Å². The monoisotopic (exact) mass is 250 g/mol. The Hall–Kier alpha value is -0.530. The van der Waals surface area contributed by atoms with Crippen LogP contribution < -0.4 is 0 Å². The number of halogens is 1. The maximum Gasteiger partial charge on any atom is 0.0367 e. The van der Waals surface area contributed by atoms with Crippen LogP contribution in [-0.4, -0.2) is 5.38 Å². The average molecular weight is 251 g/mol. The molecule has 84 valence electrons. The van der Waals surface area contributed by atoms with Gasteiger partial charge in [0.1, 0.15) is 0 Å². The molecule has 0 amide bonds. The molecule has 1 atom stereocenters. The molecular formula is C14H15ClS. The molecule has 0 nitrogen and oxygen atoms in total. The maximum absolute atomic E-state index is 6.35. The number of benzene rings is 1. The molecule has 0 radical (unpaired) electrons. The summed E-state index contributed by atoms with van der Waals surface area (Å²) in [5, 5.41) is 4.12. The van der Waals surface area contributed by atoms with Crippen LogP contribution in [0.1, 0.15) is 24.8 Å². The summed E-state index contributed by atoms with van der Waals surface area (Å²) in [6, 6.07) is 8.65. The van der Waals surface area contributed by atoms with Gasteiger partial charge in [0.25, 0.3) is 0 Å². The van der Waals surface area contributed by atoms with Gasteiger partial charge >= 0.3 is 0 Å². The summed E-state index contributed by atoms with van der Waals surface area (Å²) in [7, 11) is 0. The normalized spacial score (nSPS) is 17.8. The molecule has 1 aromatic heterocycles. The smallest absolute Gasteiger partial charge is 0.0367 e. The number of fused-ring (bicyclic) bond motifs is 1. The van der Waals surface area contributed by atoms with Crippen molar-refractivity contribution in [3.8, 4) is 0 Å². The molecule has 0 aliphatic heterocycles. The molecule has 1 unspecified atom stereocenters. The Morgan fingerprint density at radius 3 is 2.94 bits per heavy atom. The van der Waals surface area contributed by atoms with Crippen LogP contribution >= 0.6 is 22.9 Å². The van der Waals surface area contributed by atoms with Crippen LogP contribution in [0, 0.1) is 5.92 Å². The highest BCUT2D eigenvalue weighted by molar-refractivity contribution is 7.17. The van der Waals surface area contributed by atoms with Gasteiger partial charge in [-0.2, -0.15) is 0 Å². The van der Waals surface area contributed by atoms with E-state index in [1.165, 1.54) is 28.5 Å². The first-order valence-electron chi connectivity index (χ1n) is 5.94. The zero-order valence-electron chi connectivity index (χ0n) is 9.16. The number of rotatable bonds is 4. The predicted octanol–water partition coefficient (Wildman–Crippen LogP) is 4.85. The van der Waals surface area contributed by atoms with E-state index in [-0.39, 0.29) is 0 Å². The summed E-state index contributed by atoms with van der Waals surface area (Å²) >= 11 is 8.20. The van der Waals surface area contributed by atoms with Crippen molar-refractivity contribution in [3.05, 3.63) is 35.2 Å². The molecule has 1 aromatic carbocycles. The van der Waals surface area contributed by atoms with Crippen molar-refractivity contribution >= 4 is 33.0 Å². The molecule has 1 heterocycles. The second-order valence-electron chi connectivity index (χ2n) is 4.65. The van der Waals surface area contributed by atoms with Gasteiger partial charge in [0, 0.05) is 10.1 Å². The third kappa shape index (κ3) is 2.11. The van der Waals surface area contributed by atoms with Crippen LogP contribution in [-0.2, 0) is 6.42 Å². The highest BCUT2D eigenvalue weighted by Crippen LogP contribution is 2.38. The number of aryl methyl sites for hydroxylation is 1. The lowest BCUT2D eigenvalue weighted by molar-refractivity contribution is 0.679. The molecule has 0 bridgehead atoms. The number of hydrogen-bond donors (Lipinski definition) is 0. The van der Waals surface area contributed by atoms with Gasteiger partial charge in [0.15, 0.2) is 0 Å². The van der Waals surface area contributed by atoms with E-state index in [2.05, 4.69) is 29.6 Å². The molecule has 0 saturated heterocycles. The lowest BCUT2D eigenvalue weighted by Crippen LogP contribution is -2.02. The molecule has 0 N–H and O–H groups in total. The standard InChI is InChI=1S/C14H15ClS/c15-13(10-5-6-10)8-7-11-9-16-14-4-2-1-3-12(11)14/h1-4,9-10,13H,5-8H2. The maximum atomic E-state index is 6.35. The molecule has 2 aromatic rings. The number of hydrogen-bond acceptors (Lipinski definition) is 1. The van der Waals surface area contributed by atoms with Gasteiger partial charge < -0.3 is 0 Å². The van der Waals surface area contributed by atoms with Gasteiger partial charge in [0.05, 0.1) is 0 Å². The minimum absolute atomic E-state index is 0.402. The third-order valence-corrected chi connectivity index (χ3v) is 4.97. The van der Waals surface area contributed by atoms with Crippen LogP contribution in [0.2, 0.25) is 0 Å². The van der Waals surface area contributed by atoms with Crippen LogP contribution in [0.25, 0.3) is 10.1 Å². The molecule has 1 aliphatic carbocycles. The van der Waals surface area contributed by atoms with E-state index >= 15 is 0 Å². The number of alkyl halides is 1. The van der Waals surface area contributed by atoms with Gasteiger partial charge in [0.2, 0.25) is 0 Å². The van der Waals surface area contributed by atoms with Gasteiger partial charge in [-0.3, -0.25) is 0 Å². The fourth-order valence-corrected chi connectivity index (χ4v) is 3.57. The minimum atomic E-state index is 0.402. The van der Waals surface area contributed by atoms with Gasteiger partial charge in [-0.05, 0) is 54.0 Å². The first-order valence-corrected chi connectivity index (χ1v) is 7.25. The Morgan fingerprint density at radius 2 is 2.12 bits per heavy atom. The quantitative estimate of drug-likeness (QED) is 0.681. The zero-order chi connectivity index (χ0) is 11.0. The summed E-state index contributed by atoms with van der Waals surface area (Å²) < 4.78 is 1.40. The Balaban J connectivity index is 1.73. The van der Waals surface area contributed by atoms with Gasteiger partial charge in [-0.1, -0.05) is 18.2 Å². The molecule has 1 aliphatic rings. The van der Waals surface area contributed by atoms with Crippen molar-refractivity contribution in [1.82, 2.24) is 0 Å². The lowest BCUT2D eigenvalue weighted by Gasteiger charge is -2.06. The van der Waals surface area contributed by atoms with E-state index < -0.39 is 0 Å². The van der Waals surface area contributed by atoms with Crippen LogP contribution in [0.5, 0.6) is 0 Å². The van der Waals surface area contributed by atoms with E-state index in [0.717, 1.165) is 18.8 Å². The molecule has 2 heteroatoms. The lowest BCUT2D eigenvalue weighted by atomic mass is 10.1. The van der Waals surface area contributed by atoms with Crippen molar-refractivity contribution in [2.24, 2.45) is 5.92 Å². The average Bonchev–Trinajstić information content (AvgIpc) is 3.08. The summed E-state index contributed by atoms with van der Waals surface area (Å²) in [5.41, 5.74) is 1.48. The van der Waals surface area contributed by atoms with Crippen molar-refractivity contribution < 1.29 is 0 Å². The summed E-state index contributed by atoms with van der Waals surface area (Å²) in [4.78, 5) is 0. The van der Waals surface area contributed by atoms with Crippen molar-refractivity contribution in [1.29, 1.82) is 0 Å². The Bertz CT molecular complexity index is 484. The van der Waals surface area contributed by atoms with E-state index in [9.17, 15) is 0 Å². The molecule has 3 rings (SSSR count).